The molecule has 2 N–H and O–H groups in total. The second-order valence-electron chi connectivity index (χ2n) is 7.50. The van der Waals surface area contributed by atoms with Crippen molar-refractivity contribution in [2.45, 2.75) is 38.6 Å². The average molecular weight is 394 g/mol. The highest BCUT2D eigenvalue weighted by Gasteiger charge is 2.24. The highest BCUT2D eigenvalue weighted by molar-refractivity contribution is 5.94. The lowest BCUT2D eigenvalue weighted by Gasteiger charge is -2.32. The van der Waals surface area contributed by atoms with Crippen molar-refractivity contribution in [2.24, 2.45) is 0 Å². The van der Waals surface area contributed by atoms with E-state index >= 15 is 0 Å². The molecule has 0 saturated carbocycles. The van der Waals surface area contributed by atoms with Crippen LogP contribution < -0.4 is 5.32 Å². The summed E-state index contributed by atoms with van der Waals surface area (Å²) in [5, 5.41) is 12.0. The van der Waals surface area contributed by atoms with Crippen LogP contribution in [0.4, 0.5) is 0 Å². The van der Waals surface area contributed by atoms with Gasteiger partial charge in [0.2, 0.25) is 5.91 Å². The molecule has 0 aromatic heterocycles. The Morgan fingerprint density at radius 3 is 2.14 bits per heavy atom. The fourth-order valence-electron chi connectivity index (χ4n) is 3.48. The molecule has 6 nitrogen and oxygen atoms in total. The third-order valence-electron chi connectivity index (χ3n) is 5.29. The predicted octanol–water partition coefficient (Wildman–Crippen LogP) is 3.05. The molecule has 2 aromatic rings. The number of carboxylic acids is 1. The van der Waals surface area contributed by atoms with E-state index in [0.717, 1.165) is 24.0 Å². The van der Waals surface area contributed by atoms with Crippen molar-refractivity contribution in [3.63, 3.8) is 0 Å². The molecule has 0 atom stereocenters. The average Bonchev–Trinajstić information content (AvgIpc) is 2.73. The highest BCUT2D eigenvalue weighted by Crippen LogP contribution is 2.15. The molecular formula is C23H26N2O4. The summed E-state index contributed by atoms with van der Waals surface area (Å²) in [6, 6.07) is 14.3. The molecule has 2 amide bonds. The normalized spacial score (nSPS) is 14.4. The second kappa shape index (κ2) is 9.37. The SMILES string of the molecule is Cc1ccc(C(=O)N2CCC(NC(=O)CCc3ccc(C(=O)O)cc3)CC2)cc1. The first-order valence-electron chi connectivity index (χ1n) is 9.90. The molecule has 0 aliphatic carbocycles. The van der Waals surface area contributed by atoms with E-state index in [4.69, 9.17) is 5.11 Å². The Balaban J connectivity index is 1.41. The number of nitrogens with zero attached hydrogens (tertiary/aromatic N) is 1. The minimum absolute atomic E-state index is 0.0179. The summed E-state index contributed by atoms with van der Waals surface area (Å²) < 4.78 is 0. The van der Waals surface area contributed by atoms with Crippen LogP contribution in [0.15, 0.2) is 48.5 Å². The minimum atomic E-state index is -0.957. The number of carbonyl (C=O) groups is 3. The van der Waals surface area contributed by atoms with Gasteiger partial charge in [-0.15, -0.1) is 0 Å². The Labute approximate surface area is 170 Å². The number of hydrogen-bond donors (Lipinski definition) is 2. The van der Waals surface area contributed by atoms with Crippen LogP contribution in [0.3, 0.4) is 0 Å². The summed E-state index contributed by atoms with van der Waals surface area (Å²) in [6.07, 6.45) is 2.42. The molecule has 0 spiro atoms. The quantitative estimate of drug-likeness (QED) is 0.788. The van der Waals surface area contributed by atoms with Gasteiger partial charge in [-0.05, 0) is 56.0 Å². The largest absolute Gasteiger partial charge is 0.478 e. The summed E-state index contributed by atoms with van der Waals surface area (Å²) in [7, 11) is 0. The highest BCUT2D eigenvalue weighted by atomic mass is 16.4. The number of amides is 2. The van der Waals surface area contributed by atoms with Crippen molar-refractivity contribution in [1.82, 2.24) is 10.2 Å². The molecule has 1 aliphatic rings. The minimum Gasteiger partial charge on any atom is -0.478 e. The van der Waals surface area contributed by atoms with Gasteiger partial charge < -0.3 is 15.3 Å². The van der Waals surface area contributed by atoms with E-state index in [1.165, 1.54) is 0 Å². The van der Waals surface area contributed by atoms with E-state index in [9.17, 15) is 14.4 Å². The number of piperidine rings is 1. The smallest absolute Gasteiger partial charge is 0.335 e. The molecule has 1 heterocycles. The van der Waals surface area contributed by atoms with Crippen LogP contribution in [0.1, 0.15) is 51.1 Å². The summed E-state index contributed by atoms with van der Waals surface area (Å²) in [5.41, 5.74) is 3.00. The standard InChI is InChI=1S/C23H26N2O4/c1-16-2-7-18(8-3-16)22(27)25-14-12-20(13-15-25)24-21(26)11-6-17-4-9-19(10-5-17)23(28)29/h2-5,7-10,20H,6,11-15H2,1H3,(H,24,26)(H,28,29). The number of aromatic carboxylic acids is 1. The van der Waals surface area contributed by atoms with Gasteiger partial charge in [-0.2, -0.15) is 0 Å². The first kappa shape index (κ1) is 20.6. The summed E-state index contributed by atoms with van der Waals surface area (Å²) in [5.74, 6) is -0.934. The van der Waals surface area contributed by atoms with Gasteiger partial charge >= 0.3 is 5.97 Å². The van der Waals surface area contributed by atoms with Gasteiger partial charge in [-0.1, -0.05) is 29.8 Å². The molecule has 6 heteroatoms. The maximum Gasteiger partial charge on any atom is 0.335 e. The number of nitrogens with one attached hydrogen (secondary N) is 1. The van der Waals surface area contributed by atoms with E-state index in [0.29, 0.717) is 31.5 Å². The molecule has 1 saturated heterocycles. The first-order chi connectivity index (χ1) is 13.9. The monoisotopic (exact) mass is 394 g/mol. The Morgan fingerprint density at radius 2 is 1.55 bits per heavy atom. The number of carbonyl (C=O) groups excluding carboxylic acids is 2. The van der Waals surface area contributed by atoms with Gasteiger partial charge in [-0.25, -0.2) is 4.79 Å². The van der Waals surface area contributed by atoms with Crippen LogP contribution in [-0.4, -0.2) is 46.9 Å². The van der Waals surface area contributed by atoms with Gasteiger partial charge in [0.25, 0.3) is 5.91 Å². The van der Waals surface area contributed by atoms with Crippen molar-refractivity contribution >= 4 is 17.8 Å². The molecule has 3 rings (SSSR count). The topological polar surface area (TPSA) is 86.7 Å². The summed E-state index contributed by atoms with van der Waals surface area (Å²) >= 11 is 0. The van der Waals surface area contributed by atoms with Crippen LogP contribution in [0, 0.1) is 6.92 Å². The molecule has 1 fully saturated rings. The number of rotatable bonds is 6. The van der Waals surface area contributed by atoms with Gasteiger partial charge in [-0.3, -0.25) is 9.59 Å². The van der Waals surface area contributed by atoms with Crippen molar-refractivity contribution in [1.29, 1.82) is 0 Å². The maximum atomic E-state index is 12.6. The molecule has 29 heavy (non-hydrogen) atoms. The van der Waals surface area contributed by atoms with E-state index in [1.807, 2.05) is 36.1 Å². The van der Waals surface area contributed by atoms with Crippen LogP contribution in [0.2, 0.25) is 0 Å². The Hall–Kier alpha value is -3.15. The zero-order valence-corrected chi connectivity index (χ0v) is 16.6. The fourth-order valence-corrected chi connectivity index (χ4v) is 3.48. The van der Waals surface area contributed by atoms with Gasteiger partial charge in [0.1, 0.15) is 0 Å². The van der Waals surface area contributed by atoms with Gasteiger partial charge in [0, 0.05) is 31.1 Å². The van der Waals surface area contributed by atoms with E-state index in [-0.39, 0.29) is 23.4 Å². The molecule has 0 bridgehead atoms. The maximum absolute atomic E-state index is 12.6. The molecular weight excluding hydrogens is 368 g/mol. The van der Waals surface area contributed by atoms with Gasteiger partial charge in [0.15, 0.2) is 0 Å². The Morgan fingerprint density at radius 1 is 0.966 bits per heavy atom. The molecule has 0 unspecified atom stereocenters. The number of likely N-dealkylation sites (tertiary alicyclic amines) is 1. The van der Waals surface area contributed by atoms with Crippen LogP contribution in [0.25, 0.3) is 0 Å². The van der Waals surface area contributed by atoms with Crippen LogP contribution >= 0.6 is 0 Å². The lowest BCUT2D eigenvalue weighted by atomic mass is 10.0. The summed E-state index contributed by atoms with van der Waals surface area (Å²) in [6.45, 7) is 3.26. The third-order valence-corrected chi connectivity index (χ3v) is 5.29. The molecule has 152 valence electrons. The van der Waals surface area contributed by atoms with Crippen LogP contribution in [0.5, 0.6) is 0 Å². The van der Waals surface area contributed by atoms with E-state index < -0.39 is 5.97 Å². The van der Waals surface area contributed by atoms with Gasteiger partial charge in [0.05, 0.1) is 5.56 Å². The number of benzene rings is 2. The Kier molecular flexibility index (Phi) is 6.65. The number of aryl methyl sites for hydroxylation is 2. The molecule has 2 aromatic carbocycles. The van der Waals surface area contributed by atoms with Crippen LogP contribution in [-0.2, 0) is 11.2 Å². The Bertz CT molecular complexity index is 867. The van der Waals surface area contributed by atoms with Crippen molar-refractivity contribution in [3.8, 4) is 0 Å². The van der Waals surface area contributed by atoms with Crippen molar-refractivity contribution in [3.05, 3.63) is 70.8 Å². The lowest BCUT2D eigenvalue weighted by Crippen LogP contribution is -2.46. The fraction of sp³-hybridized carbons (Fsp3) is 0.348. The van der Waals surface area contributed by atoms with Crippen molar-refractivity contribution < 1.29 is 19.5 Å². The zero-order chi connectivity index (χ0) is 20.8. The van der Waals surface area contributed by atoms with Crippen molar-refractivity contribution in [2.75, 3.05) is 13.1 Å². The predicted molar refractivity (Wildman–Crippen MR) is 110 cm³/mol. The second-order valence-corrected chi connectivity index (χ2v) is 7.50. The first-order valence-corrected chi connectivity index (χ1v) is 9.90. The molecule has 0 radical (unpaired) electrons. The zero-order valence-electron chi connectivity index (χ0n) is 16.6. The molecule has 1 aliphatic heterocycles. The lowest BCUT2D eigenvalue weighted by molar-refractivity contribution is -0.122. The number of carboxylic acid groups (broad SMARTS) is 1. The van der Waals surface area contributed by atoms with E-state index in [1.54, 1.807) is 24.3 Å². The summed E-state index contributed by atoms with van der Waals surface area (Å²) in [4.78, 5) is 37.5. The third kappa shape index (κ3) is 5.67. The number of hydrogen-bond acceptors (Lipinski definition) is 3. The van der Waals surface area contributed by atoms with E-state index in [2.05, 4.69) is 5.32 Å².